The van der Waals surface area contributed by atoms with Crippen molar-refractivity contribution in [1.82, 2.24) is 15.5 Å². The number of hydrogen-bond donors (Lipinski definition) is 2. The molecular formula is C26H33N3O5. The molecule has 2 aromatic carbocycles. The first-order valence-electron chi connectivity index (χ1n) is 11.4. The minimum Gasteiger partial charge on any atom is -0.497 e. The van der Waals surface area contributed by atoms with Crippen LogP contribution in [0, 0.1) is 6.92 Å². The molecule has 0 bridgehead atoms. The number of aryl methyl sites for hydroxylation is 1. The predicted molar refractivity (Wildman–Crippen MR) is 129 cm³/mol. The average Bonchev–Trinajstić information content (AvgIpc) is 2.83. The van der Waals surface area contributed by atoms with E-state index in [1.54, 1.807) is 20.3 Å². The summed E-state index contributed by atoms with van der Waals surface area (Å²) in [7, 11) is 3.12. The molecule has 1 atom stereocenters. The third-order valence-electron chi connectivity index (χ3n) is 5.97. The van der Waals surface area contributed by atoms with Crippen molar-refractivity contribution < 1.29 is 23.9 Å². The maximum Gasteiger partial charge on any atom is 0.253 e. The smallest absolute Gasteiger partial charge is 0.253 e. The maximum absolute atomic E-state index is 13.1. The zero-order valence-corrected chi connectivity index (χ0v) is 20.2. The Balaban J connectivity index is 1.60. The Morgan fingerprint density at radius 1 is 1.00 bits per heavy atom. The number of benzene rings is 2. The third kappa shape index (κ3) is 6.73. The minimum absolute atomic E-state index is 0.00729. The summed E-state index contributed by atoms with van der Waals surface area (Å²) in [5.41, 5.74) is 2.59. The number of carbonyl (C=O) groups excluding carboxylic acids is 3. The number of methoxy groups -OCH3 is 2. The van der Waals surface area contributed by atoms with Crippen LogP contribution in [0.15, 0.2) is 42.5 Å². The maximum atomic E-state index is 13.1. The van der Waals surface area contributed by atoms with Crippen LogP contribution in [0.3, 0.4) is 0 Å². The number of hydrogen-bond acceptors (Lipinski definition) is 5. The lowest BCUT2D eigenvalue weighted by atomic mass is 10.0. The normalized spacial score (nSPS) is 14.8. The van der Waals surface area contributed by atoms with E-state index in [0.717, 1.165) is 11.1 Å². The Kier molecular flexibility index (Phi) is 8.51. The van der Waals surface area contributed by atoms with Gasteiger partial charge in [-0.2, -0.15) is 0 Å². The number of amides is 3. The number of carbonyl (C=O) groups is 3. The van der Waals surface area contributed by atoms with Gasteiger partial charge in [0.25, 0.3) is 5.91 Å². The molecule has 3 amide bonds. The van der Waals surface area contributed by atoms with Gasteiger partial charge in [-0.25, -0.2) is 0 Å². The highest BCUT2D eigenvalue weighted by molar-refractivity contribution is 5.94. The second kappa shape index (κ2) is 11.5. The molecule has 0 spiro atoms. The van der Waals surface area contributed by atoms with Gasteiger partial charge in [-0.05, 0) is 49.6 Å². The monoisotopic (exact) mass is 467 g/mol. The highest BCUT2D eigenvalue weighted by atomic mass is 16.5. The fourth-order valence-electron chi connectivity index (χ4n) is 4.08. The van der Waals surface area contributed by atoms with E-state index in [4.69, 9.17) is 9.47 Å². The van der Waals surface area contributed by atoms with Gasteiger partial charge in [-0.1, -0.05) is 17.7 Å². The van der Waals surface area contributed by atoms with Gasteiger partial charge in [0.05, 0.1) is 14.2 Å². The van der Waals surface area contributed by atoms with Crippen molar-refractivity contribution in [2.75, 3.05) is 27.3 Å². The molecule has 0 saturated carbocycles. The van der Waals surface area contributed by atoms with Crippen LogP contribution in [0.25, 0.3) is 0 Å². The fourth-order valence-corrected chi connectivity index (χ4v) is 4.08. The Morgan fingerprint density at radius 3 is 2.12 bits per heavy atom. The second-order valence-corrected chi connectivity index (χ2v) is 8.62. The first-order valence-corrected chi connectivity index (χ1v) is 11.4. The van der Waals surface area contributed by atoms with Gasteiger partial charge >= 0.3 is 0 Å². The number of ether oxygens (including phenoxy) is 2. The van der Waals surface area contributed by atoms with Gasteiger partial charge in [0.15, 0.2) is 0 Å². The average molecular weight is 468 g/mol. The van der Waals surface area contributed by atoms with E-state index in [1.807, 2.05) is 48.2 Å². The molecule has 2 aromatic rings. The van der Waals surface area contributed by atoms with Crippen LogP contribution in [0.1, 0.15) is 41.3 Å². The highest BCUT2D eigenvalue weighted by Gasteiger charge is 2.27. The van der Waals surface area contributed by atoms with Crippen LogP contribution in [0.5, 0.6) is 11.5 Å². The van der Waals surface area contributed by atoms with E-state index in [1.165, 1.54) is 6.92 Å². The molecule has 1 saturated heterocycles. The zero-order valence-electron chi connectivity index (χ0n) is 20.2. The van der Waals surface area contributed by atoms with Crippen LogP contribution in [-0.4, -0.2) is 62.0 Å². The van der Waals surface area contributed by atoms with Crippen molar-refractivity contribution >= 4 is 17.7 Å². The SMILES string of the molecule is COc1cc(C[C@H](NC(C)=O)C(=O)NC2CCN(C(=O)c3ccc(C)cc3)CC2)cc(OC)c1. The molecule has 1 aliphatic heterocycles. The summed E-state index contributed by atoms with van der Waals surface area (Å²) in [4.78, 5) is 39.4. The van der Waals surface area contributed by atoms with Crippen LogP contribution in [0.4, 0.5) is 0 Å². The molecule has 34 heavy (non-hydrogen) atoms. The summed E-state index contributed by atoms with van der Waals surface area (Å²) >= 11 is 0. The number of rotatable bonds is 8. The van der Waals surface area contributed by atoms with Crippen LogP contribution in [0.2, 0.25) is 0 Å². The molecule has 182 valence electrons. The highest BCUT2D eigenvalue weighted by Crippen LogP contribution is 2.23. The Bertz CT molecular complexity index is 991. The molecule has 1 fully saturated rings. The van der Waals surface area contributed by atoms with E-state index in [2.05, 4.69) is 10.6 Å². The van der Waals surface area contributed by atoms with Crippen molar-refractivity contribution in [3.8, 4) is 11.5 Å². The summed E-state index contributed by atoms with van der Waals surface area (Å²) < 4.78 is 10.6. The van der Waals surface area contributed by atoms with Crippen molar-refractivity contribution in [2.45, 2.75) is 45.2 Å². The molecule has 0 aromatic heterocycles. The number of nitrogens with one attached hydrogen (secondary N) is 2. The lowest BCUT2D eigenvalue weighted by Crippen LogP contribution is -2.53. The van der Waals surface area contributed by atoms with Crippen LogP contribution in [-0.2, 0) is 16.0 Å². The fraction of sp³-hybridized carbons (Fsp3) is 0.423. The van der Waals surface area contributed by atoms with Crippen molar-refractivity contribution in [3.63, 3.8) is 0 Å². The minimum atomic E-state index is -0.735. The quantitative estimate of drug-likeness (QED) is 0.622. The van der Waals surface area contributed by atoms with Gasteiger partial charge in [0.2, 0.25) is 11.8 Å². The first kappa shape index (κ1) is 25.1. The van der Waals surface area contributed by atoms with E-state index in [0.29, 0.717) is 49.4 Å². The molecule has 0 unspecified atom stereocenters. The summed E-state index contributed by atoms with van der Waals surface area (Å²) in [6.07, 6.45) is 1.61. The van der Waals surface area contributed by atoms with Gasteiger partial charge in [-0.15, -0.1) is 0 Å². The van der Waals surface area contributed by atoms with Gasteiger partial charge in [0.1, 0.15) is 17.5 Å². The van der Waals surface area contributed by atoms with Crippen molar-refractivity contribution in [1.29, 1.82) is 0 Å². The Labute approximate surface area is 200 Å². The first-order chi connectivity index (χ1) is 16.3. The number of piperidine rings is 1. The Hall–Kier alpha value is -3.55. The predicted octanol–water partition coefficient (Wildman–Crippen LogP) is 2.48. The lowest BCUT2D eigenvalue weighted by Gasteiger charge is -2.33. The summed E-state index contributed by atoms with van der Waals surface area (Å²) in [6, 6.07) is 12.1. The molecule has 0 aliphatic carbocycles. The van der Waals surface area contributed by atoms with E-state index < -0.39 is 6.04 Å². The van der Waals surface area contributed by atoms with Crippen LogP contribution >= 0.6 is 0 Å². The van der Waals surface area contributed by atoms with E-state index in [9.17, 15) is 14.4 Å². The van der Waals surface area contributed by atoms with E-state index in [-0.39, 0.29) is 23.8 Å². The largest absolute Gasteiger partial charge is 0.497 e. The zero-order chi connectivity index (χ0) is 24.7. The lowest BCUT2D eigenvalue weighted by molar-refractivity contribution is -0.128. The molecule has 1 heterocycles. The molecule has 2 N–H and O–H groups in total. The van der Waals surface area contributed by atoms with Crippen molar-refractivity contribution in [2.24, 2.45) is 0 Å². The van der Waals surface area contributed by atoms with E-state index >= 15 is 0 Å². The van der Waals surface area contributed by atoms with Gasteiger partial charge in [0, 0.05) is 44.1 Å². The third-order valence-corrected chi connectivity index (χ3v) is 5.97. The standard InChI is InChI=1S/C26H33N3O5/c1-17-5-7-20(8-6-17)26(32)29-11-9-21(10-12-29)28-25(31)24(27-18(2)30)15-19-13-22(33-3)16-23(14-19)34-4/h5-8,13-14,16,21,24H,9-12,15H2,1-4H3,(H,27,30)(H,28,31)/t24-/m0/s1. The molecule has 1 aliphatic rings. The summed E-state index contributed by atoms with van der Waals surface area (Å²) in [6.45, 7) is 4.51. The van der Waals surface area contributed by atoms with Crippen LogP contribution < -0.4 is 20.1 Å². The molecule has 0 radical (unpaired) electrons. The topological polar surface area (TPSA) is 97.0 Å². The second-order valence-electron chi connectivity index (χ2n) is 8.62. The molecule has 8 heteroatoms. The number of nitrogens with zero attached hydrogens (tertiary/aromatic N) is 1. The Morgan fingerprint density at radius 2 is 1.59 bits per heavy atom. The summed E-state index contributed by atoms with van der Waals surface area (Å²) in [5, 5.41) is 5.80. The van der Waals surface area contributed by atoms with Gasteiger partial charge < -0.3 is 25.0 Å². The molecule has 3 rings (SSSR count). The summed E-state index contributed by atoms with van der Waals surface area (Å²) in [5.74, 6) is 0.700. The van der Waals surface area contributed by atoms with Gasteiger partial charge in [-0.3, -0.25) is 14.4 Å². The molecular weight excluding hydrogens is 434 g/mol. The van der Waals surface area contributed by atoms with Crippen molar-refractivity contribution in [3.05, 3.63) is 59.2 Å². The molecule has 8 nitrogen and oxygen atoms in total. The number of likely N-dealkylation sites (tertiary alicyclic amines) is 1.